The van der Waals surface area contributed by atoms with E-state index in [1.807, 2.05) is 42.5 Å². The first kappa shape index (κ1) is 19.1. The minimum absolute atomic E-state index is 0.130. The summed E-state index contributed by atoms with van der Waals surface area (Å²) >= 11 is 0. The van der Waals surface area contributed by atoms with Crippen molar-refractivity contribution in [3.05, 3.63) is 71.6 Å². The molecule has 0 spiro atoms. The van der Waals surface area contributed by atoms with Crippen LogP contribution in [0.15, 0.2) is 59.7 Å². The standard InChI is InChI=1S/C24H24N2O3/c27-22(20-10-11-21(26-17-20)18-7-4-13-25-14-12-18)8-2-1-5-19-6-3-9-23-24(19)29-16-15-28-23/h3-4,6-7,9-12,14,17H,1-2,5,8,13,15-16H2. The van der Waals surface area contributed by atoms with Gasteiger partial charge >= 0.3 is 0 Å². The predicted octanol–water partition coefficient (Wildman–Crippen LogP) is 4.47. The van der Waals surface area contributed by atoms with Crippen molar-refractivity contribution in [2.24, 2.45) is 4.99 Å². The number of nitrogens with zero attached hydrogens (tertiary/aromatic N) is 2. The topological polar surface area (TPSA) is 60.8 Å². The van der Waals surface area contributed by atoms with Crippen LogP contribution in [0.5, 0.6) is 11.5 Å². The maximum Gasteiger partial charge on any atom is 0.164 e. The summed E-state index contributed by atoms with van der Waals surface area (Å²) in [5.41, 5.74) is 3.66. The zero-order chi connectivity index (χ0) is 19.9. The quantitative estimate of drug-likeness (QED) is 0.519. The molecule has 1 aromatic carbocycles. The number of aryl methyl sites for hydroxylation is 1. The Morgan fingerprint density at radius 3 is 2.90 bits per heavy atom. The lowest BCUT2D eigenvalue weighted by atomic mass is 10.0. The van der Waals surface area contributed by atoms with Crippen LogP contribution in [0.4, 0.5) is 0 Å². The van der Waals surface area contributed by atoms with E-state index < -0.39 is 0 Å². The molecule has 4 rings (SSSR count). The Kier molecular flexibility index (Phi) is 6.15. The van der Waals surface area contributed by atoms with Crippen molar-refractivity contribution in [1.82, 2.24) is 4.98 Å². The van der Waals surface area contributed by atoms with Gasteiger partial charge in [0.05, 0.1) is 12.2 Å². The van der Waals surface area contributed by atoms with Gasteiger partial charge in [-0.25, -0.2) is 0 Å². The summed E-state index contributed by atoms with van der Waals surface area (Å²) in [6, 6.07) is 9.76. The lowest BCUT2D eigenvalue weighted by molar-refractivity contribution is 0.0979. The molecular weight excluding hydrogens is 364 g/mol. The van der Waals surface area contributed by atoms with E-state index in [0.717, 1.165) is 47.6 Å². The van der Waals surface area contributed by atoms with Gasteiger partial charge in [-0.1, -0.05) is 24.3 Å². The minimum atomic E-state index is 0.130. The number of carbonyl (C=O) groups excluding carboxylic acids is 1. The number of ketones is 1. The number of fused-ring (bicyclic) bond motifs is 1. The molecule has 5 nitrogen and oxygen atoms in total. The van der Waals surface area contributed by atoms with E-state index in [1.54, 1.807) is 12.4 Å². The highest BCUT2D eigenvalue weighted by Crippen LogP contribution is 2.34. The van der Waals surface area contributed by atoms with Crippen molar-refractivity contribution in [2.45, 2.75) is 25.7 Å². The van der Waals surface area contributed by atoms with Gasteiger partial charge in [0.2, 0.25) is 0 Å². The van der Waals surface area contributed by atoms with Crippen LogP contribution in [0.1, 0.15) is 40.9 Å². The maximum atomic E-state index is 12.5. The summed E-state index contributed by atoms with van der Waals surface area (Å²) in [7, 11) is 0. The summed E-state index contributed by atoms with van der Waals surface area (Å²) in [5, 5.41) is 0. The molecule has 1 aromatic heterocycles. The number of benzene rings is 1. The fourth-order valence-electron chi connectivity index (χ4n) is 3.47. The molecule has 29 heavy (non-hydrogen) atoms. The number of hydrogen-bond acceptors (Lipinski definition) is 5. The highest BCUT2D eigenvalue weighted by atomic mass is 16.6. The van der Waals surface area contributed by atoms with Gasteiger partial charge in [-0.3, -0.25) is 14.8 Å². The average molecular weight is 388 g/mol. The van der Waals surface area contributed by atoms with E-state index in [0.29, 0.717) is 31.7 Å². The van der Waals surface area contributed by atoms with Gasteiger partial charge in [0.15, 0.2) is 17.3 Å². The zero-order valence-corrected chi connectivity index (χ0v) is 16.3. The van der Waals surface area contributed by atoms with E-state index >= 15 is 0 Å². The lowest BCUT2D eigenvalue weighted by Crippen LogP contribution is -2.16. The third-order valence-corrected chi connectivity index (χ3v) is 5.00. The largest absolute Gasteiger partial charge is 0.486 e. The molecule has 0 radical (unpaired) electrons. The van der Waals surface area contributed by atoms with Crippen molar-refractivity contribution in [1.29, 1.82) is 0 Å². The first-order valence-corrected chi connectivity index (χ1v) is 10.0. The van der Waals surface area contributed by atoms with Crippen molar-refractivity contribution in [3.63, 3.8) is 0 Å². The lowest BCUT2D eigenvalue weighted by Gasteiger charge is -2.20. The third kappa shape index (κ3) is 4.80. The normalized spacial score (nSPS) is 15.0. The minimum Gasteiger partial charge on any atom is -0.486 e. The number of rotatable bonds is 7. The van der Waals surface area contributed by atoms with Crippen molar-refractivity contribution in [3.8, 4) is 11.5 Å². The molecule has 0 aliphatic carbocycles. The van der Waals surface area contributed by atoms with Gasteiger partial charge < -0.3 is 9.47 Å². The Balaban J connectivity index is 1.29. The van der Waals surface area contributed by atoms with Crippen LogP contribution in [0.2, 0.25) is 0 Å². The summed E-state index contributed by atoms with van der Waals surface area (Å²) < 4.78 is 11.4. The van der Waals surface area contributed by atoms with E-state index in [4.69, 9.17) is 9.47 Å². The van der Waals surface area contributed by atoms with Crippen LogP contribution >= 0.6 is 0 Å². The van der Waals surface area contributed by atoms with Crippen LogP contribution in [0.3, 0.4) is 0 Å². The average Bonchev–Trinajstić information content (AvgIpc) is 3.06. The van der Waals surface area contributed by atoms with Crippen LogP contribution in [0.25, 0.3) is 5.57 Å². The molecule has 2 aromatic rings. The first-order chi connectivity index (χ1) is 14.3. The number of Topliss-reactive ketones (excluding diaryl/α,β-unsaturated/α-hetero) is 1. The molecular formula is C24H24N2O3. The van der Waals surface area contributed by atoms with Gasteiger partial charge in [-0.05, 0) is 49.1 Å². The third-order valence-electron chi connectivity index (χ3n) is 5.00. The number of allylic oxidation sites excluding steroid dienone is 3. The monoisotopic (exact) mass is 388 g/mol. The Labute approximate surface area is 170 Å². The molecule has 0 saturated carbocycles. The number of hydrogen-bond donors (Lipinski definition) is 0. The van der Waals surface area contributed by atoms with E-state index in [9.17, 15) is 4.79 Å². The number of aromatic nitrogens is 1. The molecule has 0 fully saturated rings. The second-order valence-electron chi connectivity index (χ2n) is 7.04. The number of carbonyl (C=O) groups is 1. The van der Waals surface area contributed by atoms with Crippen LogP contribution in [-0.2, 0) is 6.42 Å². The molecule has 0 saturated heterocycles. The summed E-state index contributed by atoms with van der Waals surface area (Å²) in [5.74, 6) is 1.81. The smallest absolute Gasteiger partial charge is 0.164 e. The predicted molar refractivity (Wildman–Crippen MR) is 114 cm³/mol. The Morgan fingerprint density at radius 2 is 2.00 bits per heavy atom. The number of aliphatic imine (C=N–C) groups is 1. The Bertz CT molecular complexity index is 959. The highest BCUT2D eigenvalue weighted by molar-refractivity contribution is 5.96. The van der Waals surface area contributed by atoms with Crippen LogP contribution < -0.4 is 9.47 Å². The van der Waals surface area contributed by atoms with Crippen molar-refractivity contribution in [2.75, 3.05) is 19.8 Å². The molecule has 0 N–H and O–H groups in total. The molecule has 0 unspecified atom stereocenters. The fourth-order valence-corrected chi connectivity index (χ4v) is 3.47. The molecule has 148 valence electrons. The summed E-state index contributed by atoms with van der Waals surface area (Å²) in [4.78, 5) is 21.1. The molecule has 0 amide bonds. The molecule has 2 aliphatic rings. The van der Waals surface area contributed by atoms with Gasteiger partial charge in [0, 0.05) is 30.0 Å². The molecule has 3 heterocycles. The van der Waals surface area contributed by atoms with E-state index in [-0.39, 0.29) is 5.78 Å². The molecule has 5 heteroatoms. The summed E-state index contributed by atoms with van der Waals surface area (Å²) in [6.45, 7) is 1.87. The maximum absolute atomic E-state index is 12.5. The van der Waals surface area contributed by atoms with Gasteiger partial charge in [0.1, 0.15) is 13.2 Å². The Morgan fingerprint density at radius 1 is 1.07 bits per heavy atom. The van der Waals surface area contributed by atoms with Crippen LogP contribution in [-0.4, -0.2) is 36.7 Å². The van der Waals surface area contributed by atoms with Gasteiger partial charge in [-0.2, -0.15) is 0 Å². The van der Waals surface area contributed by atoms with Crippen LogP contribution in [0, 0.1) is 0 Å². The van der Waals surface area contributed by atoms with E-state index in [2.05, 4.69) is 16.0 Å². The number of para-hydroxylation sites is 1. The van der Waals surface area contributed by atoms with Gasteiger partial charge in [0.25, 0.3) is 0 Å². The first-order valence-electron chi connectivity index (χ1n) is 10.0. The summed E-state index contributed by atoms with van der Waals surface area (Å²) in [6.07, 6.45) is 12.5. The highest BCUT2D eigenvalue weighted by Gasteiger charge is 2.15. The SMILES string of the molecule is O=C(CCCCc1cccc2c1OCCO2)c1ccc(C2=CC=NCC=C2)nc1. The molecule has 2 aliphatic heterocycles. The fraction of sp³-hybridized carbons (Fsp3) is 0.292. The van der Waals surface area contributed by atoms with Crippen molar-refractivity contribution >= 4 is 17.6 Å². The number of unbranched alkanes of at least 4 members (excludes halogenated alkanes) is 1. The van der Waals surface area contributed by atoms with E-state index in [1.165, 1.54) is 0 Å². The van der Waals surface area contributed by atoms with Crippen molar-refractivity contribution < 1.29 is 14.3 Å². The molecule has 0 atom stereocenters. The zero-order valence-electron chi connectivity index (χ0n) is 16.3. The van der Waals surface area contributed by atoms with Gasteiger partial charge in [-0.15, -0.1) is 0 Å². The second-order valence-corrected chi connectivity index (χ2v) is 7.04. The number of pyridine rings is 1. The molecule has 0 bridgehead atoms. The Hall–Kier alpha value is -3.21. The second kappa shape index (κ2) is 9.32. The number of ether oxygens (including phenoxy) is 2.